The third kappa shape index (κ3) is 5.01. The van der Waals surface area contributed by atoms with Gasteiger partial charge < -0.3 is 14.7 Å². The molecule has 1 aliphatic rings. The van der Waals surface area contributed by atoms with Crippen LogP contribution in [-0.4, -0.2) is 29.9 Å². The van der Waals surface area contributed by atoms with E-state index in [1.807, 2.05) is 0 Å². The summed E-state index contributed by atoms with van der Waals surface area (Å²) in [5.41, 5.74) is 4.98. The number of thiocarbonyl (C=S) groups is 1. The zero-order valence-corrected chi connectivity index (χ0v) is 17.6. The Labute approximate surface area is 169 Å². The summed E-state index contributed by atoms with van der Waals surface area (Å²) >= 11 is 5.89. The second-order valence-corrected chi connectivity index (χ2v) is 7.89. The maximum Gasteiger partial charge on any atom is 0.179 e. The van der Waals surface area contributed by atoms with Crippen molar-refractivity contribution in [1.29, 1.82) is 0 Å². The number of aryl methyl sites for hydroxylation is 2. The smallest absolute Gasteiger partial charge is 0.179 e. The summed E-state index contributed by atoms with van der Waals surface area (Å²) in [4.78, 5) is 7.03. The van der Waals surface area contributed by atoms with Crippen molar-refractivity contribution >= 4 is 28.7 Å². The fourth-order valence-electron chi connectivity index (χ4n) is 3.44. The first-order valence-corrected chi connectivity index (χ1v) is 10.4. The minimum atomic E-state index is 0.788. The summed E-state index contributed by atoms with van der Waals surface area (Å²) in [6, 6.07) is 17.5. The van der Waals surface area contributed by atoms with Gasteiger partial charge in [-0.15, -0.1) is 0 Å². The highest BCUT2D eigenvalue weighted by molar-refractivity contribution is 7.80. The largest absolute Gasteiger partial charge is 0.336 e. The van der Waals surface area contributed by atoms with Crippen molar-refractivity contribution in [2.45, 2.75) is 46.5 Å². The Hall–Kier alpha value is -2.07. The van der Waals surface area contributed by atoms with Gasteiger partial charge in [-0.25, -0.2) is 0 Å². The minimum Gasteiger partial charge on any atom is -0.336 e. The van der Waals surface area contributed by atoms with Crippen LogP contribution in [0.2, 0.25) is 0 Å². The monoisotopic (exact) mass is 381 g/mol. The number of unbranched alkanes of at least 4 members (excludes halogenated alkanes) is 3. The van der Waals surface area contributed by atoms with E-state index in [1.165, 1.54) is 48.2 Å². The van der Waals surface area contributed by atoms with Crippen molar-refractivity contribution in [3.05, 3.63) is 59.7 Å². The van der Waals surface area contributed by atoms with Gasteiger partial charge in [0.2, 0.25) is 0 Å². The van der Waals surface area contributed by atoms with Gasteiger partial charge in [-0.1, -0.05) is 61.6 Å². The molecule has 0 radical (unpaired) electrons. The molecular formula is C23H31N3S. The average Bonchev–Trinajstić information content (AvgIpc) is 2.68. The lowest BCUT2D eigenvalue weighted by atomic mass is 10.2. The topological polar surface area (TPSA) is 9.72 Å². The summed E-state index contributed by atoms with van der Waals surface area (Å²) in [6.45, 7) is 9.17. The Morgan fingerprint density at radius 3 is 1.96 bits per heavy atom. The van der Waals surface area contributed by atoms with Crippen LogP contribution in [0.15, 0.2) is 48.5 Å². The van der Waals surface area contributed by atoms with Gasteiger partial charge in [0.15, 0.2) is 5.11 Å². The van der Waals surface area contributed by atoms with Crippen LogP contribution >= 0.6 is 12.2 Å². The Balaban J connectivity index is 1.81. The van der Waals surface area contributed by atoms with E-state index in [0.717, 1.165) is 25.0 Å². The van der Waals surface area contributed by atoms with Gasteiger partial charge >= 0.3 is 0 Å². The van der Waals surface area contributed by atoms with E-state index in [4.69, 9.17) is 12.2 Å². The van der Waals surface area contributed by atoms with Gasteiger partial charge in [0.05, 0.1) is 13.3 Å². The molecule has 144 valence electrons. The number of benzene rings is 2. The molecule has 1 fully saturated rings. The zero-order chi connectivity index (χ0) is 19.2. The summed E-state index contributed by atoms with van der Waals surface area (Å²) in [6.07, 6.45) is 5.02. The lowest BCUT2D eigenvalue weighted by molar-refractivity contribution is 0.377. The molecule has 0 aromatic heterocycles. The molecule has 0 aliphatic carbocycles. The average molecular weight is 382 g/mol. The predicted molar refractivity (Wildman–Crippen MR) is 120 cm³/mol. The molecule has 0 bridgehead atoms. The molecule has 0 saturated carbocycles. The second-order valence-electron chi connectivity index (χ2n) is 7.53. The number of nitrogens with zero attached hydrogens (tertiary/aromatic N) is 3. The fourth-order valence-corrected chi connectivity index (χ4v) is 3.76. The highest BCUT2D eigenvalue weighted by Crippen LogP contribution is 2.25. The van der Waals surface area contributed by atoms with E-state index in [0.29, 0.717) is 0 Å². The maximum atomic E-state index is 5.89. The Kier molecular flexibility index (Phi) is 6.73. The van der Waals surface area contributed by atoms with E-state index in [1.54, 1.807) is 0 Å². The first kappa shape index (κ1) is 19.7. The molecule has 3 rings (SSSR count). The van der Waals surface area contributed by atoms with Gasteiger partial charge in [-0.05, 0) is 56.8 Å². The van der Waals surface area contributed by atoms with Crippen molar-refractivity contribution in [2.75, 3.05) is 29.7 Å². The van der Waals surface area contributed by atoms with E-state index in [2.05, 4.69) is 84.0 Å². The zero-order valence-electron chi connectivity index (χ0n) is 16.8. The van der Waals surface area contributed by atoms with Gasteiger partial charge in [-0.3, -0.25) is 0 Å². The molecule has 0 N–H and O–H groups in total. The van der Waals surface area contributed by atoms with E-state index >= 15 is 0 Å². The third-order valence-electron chi connectivity index (χ3n) is 5.18. The van der Waals surface area contributed by atoms with Crippen LogP contribution in [0.5, 0.6) is 0 Å². The van der Waals surface area contributed by atoms with Crippen LogP contribution in [0.25, 0.3) is 0 Å². The molecule has 2 aromatic rings. The Morgan fingerprint density at radius 1 is 0.778 bits per heavy atom. The molecule has 3 nitrogen and oxygen atoms in total. The molecule has 1 heterocycles. The molecule has 1 aliphatic heterocycles. The second kappa shape index (κ2) is 9.23. The molecule has 2 aromatic carbocycles. The molecule has 0 unspecified atom stereocenters. The predicted octanol–water partition coefficient (Wildman–Crippen LogP) is 5.71. The molecule has 0 atom stereocenters. The van der Waals surface area contributed by atoms with Crippen molar-refractivity contribution in [2.24, 2.45) is 0 Å². The van der Waals surface area contributed by atoms with Gasteiger partial charge in [-0.2, -0.15) is 0 Å². The Bertz CT molecular complexity index is 739. The van der Waals surface area contributed by atoms with Crippen LogP contribution in [0, 0.1) is 13.8 Å². The van der Waals surface area contributed by atoms with Crippen molar-refractivity contribution < 1.29 is 0 Å². The van der Waals surface area contributed by atoms with Gasteiger partial charge in [0.25, 0.3) is 0 Å². The minimum absolute atomic E-state index is 0.788. The van der Waals surface area contributed by atoms with Gasteiger partial charge in [0, 0.05) is 17.9 Å². The third-order valence-corrected chi connectivity index (χ3v) is 5.66. The standard InChI is InChI=1S/C23H31N3S/c1-4-5-6-7-16-24-17-25(21-12-8-19(2)9-13-21)18-26(23(24)27)22-14-10-20(3)11-15-22/h8-15H,4-7,16-18H2,1-3H3. The van der Waals surface area contributed by atoms with Crippen LogP contribution in [-0.2, 0) is 0 Å². The van der Waals surface area contributed by atoms with Crippen LogP contribution in [0.3, 0.4) is 0 Å². The SMILES string of the molecule is CCCCCCN1CN(c2ccc(C)cc2)CN(c2ccc(C)cc2)C1=S. The summed E-state index contributed by atoms with van der Waals surface area (Å²) in [5, 5.41) is 0.943. The van der Waals surface area contributed by atoms with Crippen molar-refractivity contribution in [3.8, 4) is 0 Å². The van der Waals surface area contributed by atoms with E-state index in [-0.39, 0.29) is 0 Å². The maximum absolute atomic E-state index is 5.89. The van der Waals surface area contributed by atoms with Gasteiger partial charge in [0.1, 0.15) is 0 Å². The molecular weight excluding hydrogens is 350 g/mol. The Morgan fingerprint density at radius 2 is 1.37 bits per heavy atom. The molecule has 0 spiro atoms. The highest BCUT2D eigenvalue weighted by Gasteiger charge is 2.28. The normalized spacial score (nSPS) is 14.8. The summed E-state index contributed by atoms with van der Waals surface area (Å²) in [5.74, 6) is 0. The number of anilines is 2. The summed E-state index contributed by atoms with van der Waals surface area (Å²) < 4.78 is 0. The number of hydrogen-bond donors (Lipinski definition) is 0. The van der Waals surface area contributed by atoms with Crippen LogP contribution in [0.1, 0.15) is 43.7 Å². The van der Waals surface area contributed by atoms with E-state index in [9.17, 15) is 0 Å². The lowest BCUT2D eigenvalue weighted by Gasteiger charge is -2.45. The fraction of sp³-hybridized carbons (Fsp3) is 0.435. The van der Waals surface area contributed by atoms with Crippen LogP contribution < -0.4 is 9.80 Å². The molecule has 27 heavy (non-hydrogen) atoms. The number of rotatable bonds is 7. The molecule has 1 saturated heterocycles. The highest BCUT2D eigenvalue weighted by atomic mass is 32.1. The molecule has 4 heteroatoms. The quantitative estimate of drug-likeness (QED) is 0.448. The van der Waals surface area contributed by atoms with Crippen molar-refractivity contribution in [3.63, 3.8) is 0 Å². The van der Waals surface area contributed by atoms with Crippen LogP contribution in [0.4, 0.5) is 11.4 Å². The van der Waals surface area contributed by atoms with Crippen molar-refractivity contribution in [1.82, 2.24) is 4.90 Å². The molecule has 0 amide bonds. The lowest BCUT2D eigenvalue weighted by Crippen LogP contribution is -2.58. The van der Waals surface area contributed by atoms with E-state index < -0.39 is 0 Å². The summed E-state index contributed by atoms with van der Waals surface area (Å²) in [7, 11) is 0. The first-order valence-electron chi connectivity index (χ1n) is 10.0. The first-order chi connectivity index (χ1) is 13.1. The number of hydrogen-bond acceptors (Lipinski definition) is 2.